The molecule has 0 aliphatic carbocycles. The average Bonchev–Trinajstić information content (AvgIpc) is 2.87. The van der Waals surface area contributed by atoms with Crippen molar-refractivity contribution in [2.24, 2.45) is 0 Å². The Kier molecular flexibility index (Phi) is 8.87. The van der Waals surface area contributed by atoms with E-state index in [2.05, 4.69) is 15.9 Å². The van der Waals surface area contributed by atoms with Crippen LogP contribution in [0.1, 0.15) is 15.9 Å². The first kappa shape index (κ1) is 24.6. The summed E-state index contributed by atoms with van der Waals surface area (Å²) >= 11 is 0. The van der Waals surface area contributed by atoms with Gasteiger partial charge in [-0.2, -0.15) is 0 Å². The van der Waals surface area contributed by atoms with Crippen LogP contribution in [-0.4, -0.2) is 99.5 Å². The van der Waals surface area contributed by atoms with Gasteiger partial charge in [0.1, 0.15) is 11.6 Å². The first-order chi connectivity index (χ1) is 16.6. The van der Waals surface area contributed by atoms with Gasteiger partial charge in [0.25, 0.3) is 5.91 Å². The molecule has 0 unspecified atom stereocenters. The number of carbonyl (C=O) groups excluding carboxylic acids is 1. The van der Waals surface area contributed by atoms with Gasteiger partial charge in [0.05, 0.1) is 38.6 Å². The first-order valence-corrected chi connectivity index (χ1v) is 11.9. The zero-order valence-electron chi connectivity index (χ0n) is 19.8. The maximum absolute atomic E-state index is 14.4. The van der Waals surface area contributed by atoms with Crippen LogP contribution in [0.4, 0.5) is 4.39 Å². The van der Waals surface area contributed by atoms with Gasteiger partial charge in [0.2, 0.25) is 0 Å². The fraction of sp³-hybridized carbons (Fsp3) is 0.500. The minimum Gasteiger partial charge on any atom is -0.496 e. The number of carbonyl (C=O) groups is 1. The monoisotopic (exact) mass is 471 g/mol. The Balaban J connectivity index is 1.42. The number of hydrogen-bond acceptors (Lipinski definition) is 6. The molecule has 34 heavy (non-hydrogen) atoms. The lowest BCUT2D eigenvalue weighted by atomic mass is 10.1. The van der Waals surface area contributed by atoms with Gasteiger partial charge >= 0.3 is 0 Å². The van der Waals surface area contributed by atoms with Crippen LogP contribution in [-0.2, 0) is 16.0 Å². The normalized spacial score (nSPS) is 19.6. The second-order valence-corrected chi connectivity index (χ2v) is 8.72. The zero-order valence-corrected chi connectivity index (χ0v) is 19.8. The lowest BCUT2D eigenvalue weighted by Crippen LogP contribution is -2.50. The Labute approximate surface area is 201 Å². The Morgan fingerprint density at radius 2 is 1.79 bits per heavy atom. The summed E-state index contributed by atoms with van der Waals surface area (Å²) in [6.07, 6.45) is -0.149. The predicted octanol–water partition coefficient (Wildman–Crippen LogP) is 2.51. The van der Waals surface area contributed by atoms with Crippen LogP contribution in [0.15, 0.2) is 48.5 Å². The van der Waals surface area contributed by atoms with E-state index in [-0.39, 0.29) is 17.6 Å². The molecule has 8 heteroatoms. The van der Waals surface area contributed by atoms with Crippen LogP contribution in [0.25, 0.3) is 0 Å². The number of benzene rings is 2. The molecule has 4 rings (SSSR count). The lowest BCUT2D eigenvalue weighted by Gasteiger charge is -2.37. The van der Waals surface area contributed by atoms with Gasteiger partial charge in [-0.3, -0.25) is 14.6 Å². The maximum atomic E-state index is 14.4. The van der Waals surface area contributed by atoms with Crippen molar-refractivity contribution in [3.8, 4) is 5.75 Å². The predicted molar refractivity (Wildman–Crippen MR) is 128 cm³/mol. The Morgan fingerprint density at radius 1 is 1.06 bits per heavy atom. The van der Waals surface area contributed by atoms with E-state index in [9.17, 15) is 9.18 Å². The number of para-hydroxylation sites is 1. The van der Waals surface area contributed by atoms with Gasteiger partial charge in [-0.15, -0.1) is 0 Å². The van der Waals surface area contributed by atoms with Gasteiger partial charge in [-0.1, -0.05) is 30.3 Å². The van der Waals surface area contributed by atoms with Crippen molar-refractivity contribution >= 4 is 5.91 Å². The molecule has 2 aliphatic rings. The topological polar surface area (TPSA) is 54.5 Å². The van der Waals surface area contributed by atoms with Crippen molar-refractivity contribution in [2.45, 2.75) is 12.6 Å². The van der Waals surface area contributed by atoms with E-state index in [4.69, 9.17) is 14.2 Å². The fourth-order valence-corrected chi connectivity index (χ4v) is 4.52. The van der Waals surface area contributed by atoms with E-state index < -0.39 is 5.82 Å². The standard InChI is InChI=1S/C26H34FN3O4/c1-32-25-9-5-2-6-21(25)18-29-14-17-34-22(19-29)20-30(11-10-28-12-15-33-16-13-28)26(31)23-7-3-4-8-24(23)27/h2-9,22H,10-20H2,1H3/t22-/m0/s1. The molecule has 0 spiro atoms. The number of hydrogen-bond donors (Lipinski definition) is 0. The molecule has 1 amide bonds. The zero-order chi connectivity index (χ0) is 23.8. The van der Waals surface area contributed by atoms with Crippen molar-refractivity contribution < 1.29 is 23.4 Å². The largest absolute Gasteiger partial charge is 0.496 e. The minimum atomic E-state index is -0.494. The summed E-state index contributed by atoms with van der Waals surface area (Å²) in [5, 5.41) is 0. The van der Waals surface area contributed by atoms with Crippen LogP contribution in [0.5, 0.6) is 5.75 Å². The van der Waals surface area contributed by atoms with Crippen LogP contribution in [0.3, 0.4) is 0 Å². The summed E-state index contributed by atoms with van der Waals surface area (Å²) in [6, 6.07) is 14.2. The number of nitrogens with zero attached hydrogens (tertiary/aromatic N) is 3. The Hall–Kier alpha value is -2.52. The molecule has 2 heterocycles. The van der Waals surface area contributed by atoms with Crippen molar-refractivity contribution in [3.05, 3.63) is 65.5 Å². The molecular weight excluding hydrogens is 437 g/mol. The molecule has 2 fully saturated rings. The molecule has 0 saturated carbocycles. The minimum absolute atomic E-state index is 0.103. The van der Waals surface area contributed by atoms with E-state index in [1.165, 1.54) is 6.07 Å². The quantitative estimate of drug-likeness (QED) is 0.560. The summed E-state index contributed by atoms with van der Waals surface area (Å²) in [6.45, 7) is 7.57. The molecular formula is C26H34FN3O4. The van der Waals surface area contributed by atoms with E-state index >= 15 is 0 Å². The Morgan fingerprint density at radius 3 is 2.59 bits per heavy atom. The van der Waals surface area contributed by atoms with Gasteiger partial charge in [-0.05, 0) is 18.2 Å². The third kappa shape index (κ3) is 6.54. The number of ether oxygens (including phenoxy) is 3. The van der Waals surface area contributed by atoms with Gasteiger partial charge < -0.3 is 19.1 Å². The first-order valence-electron chi connectivity index (χ1n) is 11.9. The molecule has 0 bridgehead atoms. The highest BCUT2D eigenvalue weighted by Crippen LogP contribution is 2.21. The smallest absolute Gasteiger partial charge is 0.256 e. The van der Waals surface area contributed by atoms with Crippen LogP contribution in [0.2, 0.25) is 0 Å². The fourth-order valence-electron chi connectivity index (χ4n) is 4.52. The van der Waals surface area contributed by atoms with Gasteiger partial charge in [0, 0.05) is 57.9 Å². The van der Waals surface area contributed by atoms with Crippen LogP contribution < -0.4 is 4.74 Å². The van der Waals surface area contributed by atoms with E-state index in [1.54, 1.807) is 30.2 Å². The van der Waals surface area contributed by atoms with Gasteiger partial charge in [0.15, 0.2) is 0 Å². The SMILES string of the molecule is COc1ccccc1CN1CCO[C@H](CN(CCN2CCOCC2)C(=O)c2ccccc2F)C1. The van der Waals surface area contributed by atoms with Crippen LogP contribution in [0, 0.1) is 5.82 Å². The number of rotatable bonds is 9. The third-order valence-corrected chi connectivity index (χ3v) is 6.41. The second kappa shape index (κ2) is 12.3. The highest BCUT2D eigenvalue weighted by Gasteiger charge is 2.27. The number of halogens is 1. The second-order valence-electron chi connectivity index (χ2n) is 8.72. The molecule has 2 aromatic carbocycles. The van der Waals surface area contributed by atoms with Crippen molar-refractivity contribution in [1.29, 1.82) is 0 Å². The number of amides is 1. The van der Waals surface area contributed by atoms with E-state index in [0.717, 1.165) is 44.0 Å². The van der Waals surface area contributed by atoms with Crippen LogP contribution >= 0.6 is 0 Å². The summed E-state index contributed by atoms with van der Waals surface area (Å²) in [7, 11) is 1.68. The molecule has 2 aromatic rings. The molecule has 0 N–H and O–H groups in total. The van der Waals surface area contributed by atoms with Crippen molar-refractivity contribution in [2.75, 3.05) is 72.7 Å². The van der Waals surface area contributed by atoms with E-state index in [0.29, 0.717) is 39.5 Å². The summed E-state index contributed by atoms with van der Waals surface area (Å²) in [5.74, 6) is 0.0791. The summed E-state index contributed by atoms with van der Waals surface area (Å²) in [4.78, 5) is 19.7. The molecule has 0 aromatic heterocycles. The highest BCUT2D eigenvalue weighted by atomic mass is 19.1. The van der Waals surface area contributed by atoms with Gasteiger partial charge in [-0.25, -0.2) is 4.39 Å². The third-order valence-electron chi connectivity index (χ3n) is 6.41. The summed E-state index contributed by atoms with van der Waals surface area (Å²) < 4.78 is 31.4. The molecule has 1 atom stereocenters. The van der Waals surface area contributed by atoms with Crippen molar-refractivity contribution in [1.82, 2.24) is 14.7 Å². The average molecular weight is 472 g/mol. The Bertz CT molecular complexity index is 938. The van der Waals surface area contributed by atoms with E-state index in [1.807, 2.05) is 18.2 Å². The molecule has 0 radical (unpaired) electrons. The maximum Gasteiger partial charge on any atom is 0.256 e. The molecule has 7 nitrogen and oxygen atoms in total. The molecule has 2 saturated heterocycles. The lowest BCUT2D eigenvalue weighted by molar-refractivity contribution is -0.0445. The number of methoxy groups -OCH3 is 1. The molecule has 2 aliphatic heterocycles. The summed E-state index contributed by atoms with van der Waals surface area (Å²) in [5.41, 5.74) is 1.23. The number of morpholine rings is 2. The van der Waals surface area contributed by atoms with Crippen molar-refractivity contribution in [3.63, 3.8) is 0 Å². The highest BCUT2D eigenvalue weighted by molar-refractivity contribution is 5.94. The molecule has 184 valence electrons.